The molecule has 0 fully saturated rings. The second-order valence-electron chi connectivity index (χ2n) is 4.77. The lowest BCUT2D eigenvalue weighted by Crippen LogP contribution is -2.25. The van der Waals surface area contributed by atoms with Gasteiger partial charge in [-0.1, -0.05) is 22.0 Å². The number of benzene rings is 2. The fourth-order valence-electron chi connectivity index (χ4n) is 2.24. The van der Waals surface area contributed by atoms with Gasteiger partial charge in [0.25, 0.3) is 5.91 Å². The van der Waals surface area contributed by atoms with Crippen LogP contribution in [0.3, 0.4) is 0 Å². The van der Waals surface area contributed by atoms with Gasteiger partial charge in [0.15, 0.2) is 6.61 Å². The highest BCUT2D eigenvalue weighted by molar-refractivity contribution is 9.10. The zero-order valence-electron chi connectivity index (χ0n) is 10.9. The first-order chi connectivity index (χ1) is 10.0. The molecule has 2 aromatic carbocycles. The number of hydrogen-bond donors (Lipinski definition) is 2. The van der Waals surface area contributed by atoms with Crippen molar-refractivity contribution in [3.63, 3.8) is 0 Å². The van der Waals surface area contributed by atoms with Crippen molar-refractivity contribution in [1.29, 1.82) is 0 Å². The average molecular weight is 351 g/mol. The van der Waals surface area contributed by atoms with Crippen molar-refractivity contribution in [2.24, 2.45) is 5.73 Å². The maximum atomic E-state index is 13.5. The van der Waals surface area contributed by atoms with Gasteiger partial charge in [0, 0.05) is 4.47 Å². The molecule has 108 valence electrons. The molecule has 3 N–H and O–H groups in total. The van der Waals surface area contributed by atoms with Gasteiger partial charge in [0.2, 0.25) is 0 Å². The van der Waals surface area contributed by atoms with Gasteiger partial charge in [-0.2, -0.15) is 0 Å². The Morgan fingerprint density at radius 2 is 2.05 bits per heavy atom. The highest BCUT2D eigenvalue weighted by atomic mass is 79.9. The predicted octanol–water partition coefficient (Wildman–Crippen LogP) is 2.97. The third-order valence-corrected chi connectivity index (χ3v) is 3.70. The maximum Gasteiger partial charge on any atom is 0.262 e. The van der Waals surface area contributed by atoms with Gasteiger partial charge in [-0.15, -0.1) is 0 Å². The van der Waals surface area contributed by atoms with E-state index in [0.717, 1.165) is 5.56 Å². The molecule has 0 aliphatic carbocycles. The van der Waals surface area contributed by atoms with Crippen LogP contribution in [0, 0.1) is 5.82 Å². The van der Waals surface area contributed by atoms with E-state index in [1.807, 2.05) is 0 Å². The molecular weight excluding hydrogens is 339 g/mol. The summed E-state index contributed by atoms with van der Waals surface area (Å²) in [5.74, 6) is 0.0390. The molecule has 0 saturated heterocycles. The van der Waals surface area contributed by atoms with Crippen molar-refractivity contribution in [2.75, 3.05) is 11.9 Å². The Kier molecular flexibility index (Phi) is 3.65. The van der Waals surface area contributed by atoms with Gasteiger partial charge in [-0.25, -0.2) is 4.39 Å². The van der Waals surface area contributed by atoms with Crippen molar-refractivity contribution in [3.05, 3.63) is 57.8 Å². The summed E-state index contributed by atoms with van der Waals surface area (Å²) < 4.78 is 19.4. The van der Waals surface area contributed by atoms with Crippen LogP contribution in [0.5, 0.6) is 5.75 Å². The van der Waals surface area contributed by atoms with Crippen molar-refractivity contribution >= 4 is 27.5 Å². The SMILES string of the molecule is NC(c1cc(F)cc(Br)c1)c1ccc2c(c1)NC(=O)CO2. The molecule has 1 aliphatic heterocycles. The summed E-state index contributed by atoms with van der Waals surface area (Å²) in [6.45, 7) is 0.00917. The first kappa shape index (κ1) is 14.0. The Morgan fingerprint density at radius 3 is 2.81 bits per heavy atom. The number of ether oxygens (including phenoxy) is 1. The third-order valence-electron chi connectivity index (χ3n) is 3.24. The topological polar surface area (TPSA) is 64.3 Å². The fraction of sp³-hybridized carbons (Fsp3) is 0.133. The second-order valence-corrected chi connectivity index (χ2v) is 5.69. The lowest BCUT2D eigenvalue weighted by Gasteiger charge is -2.20. The molecule has 1 atom stereocenters. The van der Waals surface area contributed by atoms with Gasteiger partial charge in [-0.3, -0.25) is 4.79 Å². The second kappa shape index (κ2) is 5.46. The smallest absolute Gasteiger partial charge is 0.262 e. The highest BCUT2D eigenvalue weighted by Gasteiger charge is 2.18. The van der Waals surface area contributed by atoms with Crippen molar-refractivity contribution < 1.29 is 13.9 Å². The van der Waals surface area contributed by atoms with E-state index in [1.54, 1.807) is 24.3 Å². The van der Waals surface area contributed by atoms with E-state index in [2.05, 4.69) is 21.2 Å². The van der Waals surface area contributed by atoms with Crippen LogP contribution in [0.1, 0.15) is 17.2 Å². The lowest BCUT2D eigenvalue weighted by atomic mass is 9.98. The van der Waals surface area contributed by atoms with E-state index in [1.165, 1.54) is 12.1 Å². The summed E-state index contributed by atoms with van der Waals surface area (Å²) in [4.78, 5) is 11.3. The summed E-state index contributed by atoms with van der Waals surface area (Å²) in [5.41, 5.74) is 8.16. The molecule has 1 unspecified atom stereocenters. The van der Waals surface area contributed by atoms with Crippen LogP contribution in [0.4, 0.5) is 10.1 Å². The van der Waals surface area contributed by atoms with Crippen molar-refractivity contribution in [3.8, 4) is 5.75 Å². The lowest BCUT2D eigenvalue weighted by molar-refractivity contribution is -0.118. The van der Waals surface area contributed by atoms with Crippen LogP contribution >= 0.6 is 15.9 Å². The van der Waals surface area contributed by atoms with E-state index in [-0.39, 0.29) is 18.3 Å². The van der Waals surface area contributed by atoms with E-state index in [0.29, 0.717) is 21.5 Å². The van der Waals surface area contributed by atoms with Gasteiger partial charge in [-0.05, 0) is 41.5 Å². The molecule has 0 saturated carbocycles. The number of fused-ring (bicyclic) bond motifs is 1. The number of hydrogen-bond acceptors (Lipinski definition) is 3. The first-order valence-electron chi connectivity index (χ1n) is 6.31. The van der Waals surface area contributed by atoms with Gasteiger partial charge in [0.1, 0.15) is 11.6 Å². The number of nitrogens with two attached hydrogens (primary N) is 1. The van der Waals surface area contributed by atoms with E-state index in [9.17, 15) is 9.18 Å². The largest absolute Gasteiger partial charge is 0.482 e. The standard InChI is InChI=1S/C15H12BrFN2O2/c16-10-3-9(4-11(17)6-10)15(18)8-1-2-13-12(5-8)19-14(20)7-21-13/h1-6,15H,7,18H2,(H,19,20). The zero-order valence-corrected chi connectivity index (χ0v) is 12.5. The average Bonchev–Trinajstić information content (AvgIpc) is 2.44. The van der Waals surface area contributed by atoms with Crippen LogP contribution in [0.2, 0.25) is 0 Å². The molecule has 0 aromatic heterocycles. The molecule has 21 heavy (non-hydrogen) atoms. The first-order valence-corrected chi connectivity index (χ1v) is 7.10. The minimum atomic E-state index is -0.499. The van der Waals surface area contributed by atoms with E-state index >= 15 is 0 Å². The highest BCUT2D eigenvalue weighted by Crippen LogP contribution is 2.32. The van der Waals surface area contributed by atoms with Crippen LogP contribution < -0.4 is 15.8 Å². The molecule has 2 aromatic rings. The summed E-state index contributed by atoms with van der Waals surface area (Å²) in [7, 11) is 0. The van der Waals surface area contributed by atoms with E-state index in [4.69, 9.17) is 10.5 Å². The number of nitrogens with one attached hydrogen (secondary N) is 1. The number of carbonyl (C=O) groups excluding carboxylic acids is 1. The molecule has 3 rings (SSSR count). The number of anilines is 1. The fourth-order valence-corrected chi connectivity index (χ4v) is 2.72. The quantitative estimate of drug-likeness (QED) is 0.874. The summed E-state index contributed by atoms with van der Waals surface area (Å²) in [5, 5.41) is 2.73. The Morgan fingerprint density at radius 1 is 1.24 bits per heavy atom. The monoisotopic (exact) mass is 350 g/mol. The number of rotatable bonds is 2. The predicted molar refractivity (Wildman–Crippen MR) is 80.7 cm³/mol. The summed E-state index contributed by atoms with van der Waals surface area (Å²) in [6.07, 6.45) is 0. The number of amides is 1. The molecule has 1 amide bonds. The van der Waals surface area contributed by atoms with Crippen LogP contribution in [0.25, 0.3) is 0 Å². The zero-order chi connectivity index (χ0) is 15.0. The minimum Gasteiger partial charge on any atom is -0.482 e. The molecule has 0 spiro atoms. The van der Waals surface area contributed by atoms with Crippen molar-refractivity contribution in [1.82, 2.24) is 0 Å². The third kappa shape index (κ3) is 2.91. The molecule has 4 nitrogen and oxygen atoms in total. The molecule has 0 radical (unpaired) electrons. The summed E-state index contributed by atoms with van der Waals surface area (Å²) in [6, 6.07) is 9.33. The van der Waals surface area contributed by atoms with E-state index < -0.39 is 6.04 Å². The molecule has 1 aliphatic rings. The maximum absolute atomic E-state index is 13.5. The Balaban J connectivity index is 1.96. The van der Waals surface area contributed by atoms with Gasteiger partial charge >= 0.3 is 0 Å². The van der Waals surface area contributed by atoms with Gasteiger partial charge in [0.05, 0.1) is 11.7 Å². The Labute approximate surface area is 129 Å². The Hall–Kier alpha value is -1.92. The van der Waals surface area contributed by atoms with Gasteiger partial charge < -0.3 is 15.8 Å². The number of carbonyl (C=O) groups is 1. The Bertz CT molecular complexity index is 701. The number of halogens is 2. The molecular formula is C15H12BrFN2O2. The summed E-state index contributed by atoms with van der Waals surface area (Å²) >= 11 is 3.25. The molecule has 0 bridgehead atoms. The molecule has 6 heteroatoms. The van der Waals surface area contributed by atoms with Crippen LogP contribution in [-0.4, -0.2) is 12.5 Å². The van der Waals surface area contributed by atoms with Crippen LogP contribution in [-0.2, 0) is 4.79 Å². The van der Waals surface area contributed by atoms with Crippen molar-refractivity contribution in [2.45, 2.75) is 6.04 Å². The normalized spacial score (nSPS) is 14.9. The minimum absolute atomic E-state index is 0.00917. The molecule has 1 heterocycles. The van der Waals surface area contributed by atoms with Crippen LogP contribution in [0.15, 0.2) is 40.9 Å².